The van der Waals surface area contributed by atoms with E-state index >= 15 is 0 Å². The minimum Gasteiger partial charge on any atom is -0.497 e. The van der Waals surface area contributed by atoms with Crippen LogP contribution in [0.4, 0.5) is 10.1 Å². The molecule has 1 saturated carbocycles. The number of fused-ring (bicyclic) bond motifs is 2. The molecule has 1 amide bonds. The number of H-pyrrole nitrogens is 2. The van der Waals surface area contributed by atoms with Gasteiger partial charge in [0.25, 0.3) is 0 Å². The van der Waals surface area contributed by atoms with Crippen LogP contribution < -0.4 is 10.1 Å². The van der Waals surface area contributed by atoms with E-state index < -0.39 is 5.82 Å². The van der Waals surface area contributed by atoms with E-state index in [4.69, 9.17) is 9.72 Å². The summed E-state index contributed by atoms with van der Waals surface area (Å²) in [6, 6.07) is 14.1. The molecule has 7 rings (SSSR count). The summed E-state index contributed by atoms with van der Waals surface area (Å²) in [4.78, 5) is 30.0. The van der Waals surface area contributed by atoms with E-state index in [0.717, 1.165) is 40.5 Å². The Morgan fingerprint density at radius 3 is 2.74 bits per heavy atom. The normalized spacial score (nSPS) is 13.9. The number of anilines is 1. The van der Waals surface area contributed by atoms with Crippen molar-refractivity contribution in [1.29, 1.82) is 0 Å². The van der Waals surface area contributed by atoms with Crippen LogP contribution >= 0.6 is 0 Å². The smallest absolute Gasteiger partial charge is 0.224 e. The van der Waals surface area contributed by atoms with E-state index in [-0.39, 0.29) is 5.91 Å². The number of nitrogens with zero attached hydrogens (tertiary/aromatic N) is 4. The maximum absolute atomic E-state index is 14.3. The number of amides is 1. The second-order valence-electron chi connectivity index (χ2n) is 11.1. The maximum Gasteiger partial charge on any atom is 0.224 e. The summed E-state index contributed by atoms with van der Waals surface area (Å²) in [6.07, 6.45) is 11.5. The minimum absolute atomic E-state index is 0.0238. The zero-order valence-corrected chi connectivity index (χ0v) is 23.7. The monoisotopic (exact) mass is 575 g/mol. The number of benzene rings is 1. The highest BCUT2D eigenvalue weighted by atomic mass is 19.1. The number of carbonyl (C=O) groups excluding carboxylic acids is 1. The molecule has 43 heavy (non-hydrogen) atoms. The number of halogens is 1. The first kappa shape index (κ1) is 26.8. The molecule has 3 N–H and O–H groups in total. The minimum atomic E-state index is -0.402. The van der Waals surface area contributed by atoms with Crippen molar-refractivity contribution < 1.29 is 13.9 Å². The zero-order chi connectivity index (χ0) is 29.3. The van der Waals surface area contributed by atoms with Gasteiger partial charge >= 0.3 is 0 Å². The van der Waals surface area contributed by atoms with Crippen LogP contribution in [0.15, 0.2) is 67.1 Å². The highest BCUT2D eigenvalue weighted by molar-refractivity contribution is 5.99. The Hall–Kier alpha value is -5.12. The van der Waals surface area contributed by atoms with Gasteiger partial charge in [0, 0.05) is 46.9 Å². The molecule has 1 aliphatic carbocycles. The van der Waals surface area contributed by atoms with E-state index in [9.17, 15) is 9.18 Å². The van der Waals surface area contributed by atoms with Crippen molar-refractivity contribution >= 4 is 33.5 Å². The highest BCUT2D eigenvalue weighted by Crippen LogP contribution is 2.35. The van der Waals surface area contributed by atoms with Gasteiger partial charge in [-0.1, -0.05) is 19.3 Å². The molecule has 5 heterocycles. The molecule has 0 unspecified atom stereocenters. The van der Waals surface area contributed by atoms with Crippen LogP contribution in [0.2, 0.25) is 0 Å². The summed E-state index contributed by atoms with van der Waals surface area (Å²) in [5.41, 5.74) is 7.04. The molecule has 5 aromatic heterocycles. The summed E-state index contributed by atoms with van der Waals surface area (Å²) in [5.74, 6) is 0.501. The van der Waals surface area contributed by atoms with Gasteiger partial charge in [0.15, 0.2) is 0 Å². The van der Waals surface area contributed by atoms with Crippen LogP contribution in [0.3, 0.4) is 0 Å². The lowest BCUT2D eigenvalue weighted by molar-refractivity contribution is -0.117. The molecular weight excluding hydrogens is 545 g/mol. The van der Waals surface area contributed by atoms with Crippen LogP contribution in [0.5, 0.6) is 5.75 Å². The number of nitrogens with one attached hydrogen (secondary N) is 3. The molecule has 0 atom stereocenters. The van der Waals surface area contributed by atoms with Crippen LogP contribution in [0.25, 0.3) is 55.8 Å². The van der Waals surface area contributed by atoms with Gasteiger partial charge in [-0.15, -0.1) is 0 Å². The molecule has 0 aliphatic heterocycles. The molecular formula is C33H30FN7O2. The molecule has 0 bridgehead atoms. The summed E-state index contributed by atoms with van der Waals surface area (Å²) < 4.78 is 19.6. The molecule has 1 aromatic carbocycles. The quantitative estimate of drug-likeness (QED) is 0.184. The summed E-state index contributed by atoms with van der Waals surface area (Å²) in [7, 11) is 1.51. The summed E-state index contributed by atoms with van der Waals surface area (Å²) >= 11 is 0. The number of ether oxygens (including phenoxy) is 1. The number of carbonyl (C=O) groups is 1. The second-order valence-corrected chi connectivity index (χ2v) is 11.1. The zero-order valence-electron chi connectivity index (χ0n) is 23.7. The van der Waals surface area contributed by atoms with Crippen molar-refractivity contribution in [2.75, 3.05) is 12.4 Å². The van der Waals surface area contributed by atoms with E-state index in [1.807, 2.05) is 30.3 Å². The van der Waals surface area contributed by atoms with E-state index in [0.29, 0.717) is 51.9 Å². The van der Waals surface area contributed by atoms with Crippen molar-refractivity contribution in [1.82, 2.24) is 30.1 Å². The Balaban J connectivity index is 1.20. The average Bonchev–Trinajstić information content (AvgIpc) is 3.65. The molecule has 10 heteroatoms. The van der Waals surface area contributed by atoms with Gasteiger partial charge < -0.3 is 15.0 Å². The van der Waals surface area contributed by atoms with Crippen molar-refractivity contribution in [3.05, 3.63) is 72.9 Å². The maximum atomic E-state index is 14.3. The molecule has 9 nitrogen and oxygen atoms in total. The van der Waals surface area contributed by atoms with E-state index in [1.165, 1.54) is 38.5 Å². The molecule has 6 aromatic rings. The Labute approximate surface area is 247 Å². The fourth-order valence-corrected chi connectivity index (χ4v) is 5.99. The average molecular weight is 576 g/mol. The van der Waals surface area contributed by atoms with Crippen molar-refractivity contribution in [2.45, 2.75) is 38.5 Å². The summed E-state index contributed by atoms with van der Waals surface area (Å²) in [6.45, 7) is 0. The number of aromatic nitrogens is 6. The van der Waals surface area contributed by atoms with Crippen molar-refractivity contribution in [3.63, 3.8) is 0 Å². The van der Waals surface area contributed by atoms with Crippen LogP contribution in [-0.2, 0) is 4.79 Å². The first-order valence-electron chi connectivity index (χ1n) is 14.5. The number of hydrogen-bond acceptors (Lipinski definition) is 6. The first-order valence-corrected chi connectivity index (χ1v) is 14.5. The van der Waals surface area contributed by atoms with Crippen LogP contribution in [0.1, 0.15) is 38.5 Å². The first-order chi connectivity index (χ1) is 21.0. The van der Waals surface area contributed by atoms with Gasteiger partial charge in [-0.25, -0.2) is 9.37 Å². The third kappa shape index (κ3) is 5.43. The Morgan fingerprint density at radius 1 is 1.00 bits per heavy atom. The van der Waals surface area contributed by atoms with Gasteiger partial charge in [0.1, 0.15) is 22.8 Å². The lowest BCUT2D eigenvalue weighted by Crippen LogP contribution is -2.18. The molecule has 0 radical (unpaired) electrons. The Bertz CT molecular complexity index is 1960. The second kappa shape index (κ2) is 11.3. The molecule has 0 spiro atoms. The lowest BCUT2D eigenvalue weighted by atomic mass is 9.87. The largest absolute Gasteiger partial charge is 0.497 e. The van der Waals surface area contributed by atoms with Gasteiger partial charge in [0.2, 0.25) is 5.91 Å². The van der Waals surface area contributed by atoms with Crippen molar-refractivity contribution in [2.24, 2.45) is 5.92 Å². The van der Waals surface area contributed by atoms with Gasteiger partial charge in [-0.2, -0.15) is 5.10 Å². The highest BCUT2D eigenvalue weighted by Gasteiger charge is 2.19. The SMILES string of the molecule is COc1cc(F)cc(-c2nccc3[nH]c(-c4n[nH]c5ccc(-c6cncc(NC(=O)CC7CCCCC7)c6)nc45)cc23)c1. The number of rotatable bonds is 7. The van der Waals surface area contributed by atoms with Crippen molar-refractivity contribution in [3.8, 4) is 39.7 Å². The van der Waals surface area contributed by atoms with E-state index in [2.05, 4.69) is 30.5 Å². The molecule has 1 fully saturated rings. The van der Waals surface area contributed by atoms with Gasteiger partial charge in [-0.3, -0.25) is 19.9 Å². The standard InChI is InChI=1S/C33H30FN7O2/c1-43-24-14-20(12-22(34)15-24)31-25-16-29(38-27(25)9-10-36-31)33-32-28(40-41-33)8-7-26(39-32)21-13-23(18-35-17-21)37-30(42)11-19-5-3-2-4-6-19/h7-10,12-19,38H,2-6,11H2,1H3,(H,37,42)(H,40,41). The molecule has 1 aliphatic rings. The number of pyridine rings is 3. The number of methoxy groups -OCH3 is 1. The predicted molar refractivity (Wildman–Crippen MR) is 164 cm³/mol. The Morgan fingerprint density at radius 2 is 1.88 bits per heavy atom. The molecule has 216 valence electrons. The number of hydrogen-bond donors (Lipinski definition) is 3. The summed E-state index contributed by atoms with van der Waals surface area (Å²) in [5, 5.41) is 11.5. The predicted octanol–water partition coefficient (Wildman–Crippen LogP) is 7.29. The van der Waals surface area contributed by atoms with E-state index in [1.54, 1.807) is 24.7 Å². The fraction of sp³-hybridized carbons (Fsp3) is 0.242. The van der Waals surface area contributed by atoms with Crippen LogP contribution in [-0.4, -0.2) is 43.2 Å². The van der Waals surface area contributed by atoms with Gasteiger partial charge in [0.05, 0.1) is 41.6 Å². The Kier molecular flexibility index (Phi) is 7.02. The third-order valence-electron chi connectivity index (χ3n) is 8.11. The lowest BCUT2D eigenvalue weighted by Gasteiger charge is -2.20. The number of aromatic amines is 2. The molecule has 0 saturated heterocycles. The van der Waals surface area contributed by atoms with Crippen LogP contribution in [0, 0.1) is 11.7 Å². The topological polar surface area (TPSA) is 121 Å². The van der Waals surface area contributed by atoms with Gasteiger partial charge in [-0.05, 0) is 61.2 Å². The third-order valence-corrected chi connectivity index (χ3v) is 8.11. The fourth-order valence-electron chi connectivity index (χ4n) is 5.99.